The number of rotatable bonds is 8. The Labute approximate surface area is 110 Å². The zero-order valence-corrected chi connectivity index (χ0v) is 12.3. The maximum absolute atomic E-state index is 5.28. The van der Waals surface area contributed by atoms with E-state index in [1.807, 2.05) is 6.20 Å². The van der Waals surface area contributed by atoms with Crippen molar-refractivity contribution in [1.82, 2.24) is 9.55 Å². The minimum Gasteiger partial charge on any atom is -0.337 e. The summed E-state index contributed by atoms with van der Waals surface area (Å²) in [5.41, 5.74) is 1.33. The Hall–Kier alpha value is -0.570. The Bertz CT molecular complexity index is 363. The van der Waals surface area contributed by atoms with Gasteiger partial charge >= 0.3 is 0 Å². The molecule has 0 amide bonds. The number of nitrogens with zero attached hydrogens (tertiary/aromatic N) is 1. The van der Waals surface area contributed by atoms with E-state index in [0.29, 0.717) is 0 Å². The zero-order valence-electron chi connectivity index (χ0n) is 11.5. The van der Waals surface area contributed by atoms with Crippen molar-refractivity contribution in [1.29, 1.82) is 0 Å². The molecule has 0 aliphatic rings. The second kappa shape index (κ2) is 7.70. The lowest BCUT2D eigenvalue weighted by atomic mass is 10.0. The van der Waals surface area contributed by atoms with E-state index >= 15 is 0 Å². The summed E-state index contributed by atoms with van der Waals surface area (Å²) in [5.74, 6) is 0.847. The molecule has 0 atom stereocenters. The first-order chi connectivity index (χ1) is 8.15. The van der Waals surface area contributed by atoms with Gasteiger partial charge < -0.3 is 9.55 Å². The van der Waals surface area contributed by atoms with E-state index in [1.54, 1.807) is 0 Å². The normalized spacial score (nSPS) is 11.3. The monoisotopic (exact) mass is 254 g/mol. The first-order valence-electron chi connectivity index (χ1n) is 6.92. The van der Waals surface area contributed by atoms with Crippen molar-refractivity contribution < 1.29 is 0 Å². The van der Waals surface area contributed by atoms with E-state index in [9.17, 15) is 0 Å². The molecule has 1 aromatic rings. The largest absolute Gasteiger partial charge is 0.337 e. The minimum atomic E-state index is 0.847. The van der Waals surface area contributed by atoms with E-state index < -0.39 is 0 Å². The topological polar surface area (TPSA) is 20.7 Å². The van der Waals surface area contributed by atoms with Crippen molar-refractivity contribution in [3.8, 4) is 0 Å². The predicted octanol–water partition coefficient (Wildman–Crippen LogP) is 4.71. The number of aromatic nitrogens is 2. The molecule has 0 aliphatic heterocycles. The summed E-state index contributed by atoms with van der Waals surface area (Å²) in [6, 6.07) is 0. The first-order valence-corrected chi connectivity index (χ1v) is 7.33. The van der Waals surface area contributed by atoms with Gasteiger partial charge in [0.2, 0.25) is 0 Å². The fourth-order valence-electron chi connectivity index (χ4n) is 2.15. The van der Waals surface area contributed by atoms with E-state index in [2.05, 4.69) is 30.3 Å². The molecule has 3 heteroatoms. The van der Waals surface area contributed by atoms with Gasteiger partial charge in [-0.3, -0.25) is 0 Å². The van der Waals surface area contributed by atoms with Gasteiger partial charge in [-0.15, -0.1) is 0 Å². The van der Waals surface area contributed by atoms with Crippen molar-refractivity contribution in [2.45, 2.75) is 65.8 Å². The fraction of sp³-hybridized carbons (Fsp3) is 0.786. The molecule has 1 heterocycles. The van der Waals surface area contributed by atoms with Gasteiger partial charge in [-0.1, -0.05) is 46.5 Å². The molecule has 0 saturated heterocycles. The van der Waals surface area contributed by atoms with Gasteiger partial charge in [-0.05, 0) is 31.0 Å². The number of aryl methyl sites for hydroxylation is 1. The van der Waals surface area contributed by atoms with Crippen LogP contribution in [0.1, 0.15) is 58.6 Å². The molecule has 1 aromatic heterocycles. The Morgan fingerprint density at radius 2 is 1.94 bits per heavy atom. The van der Waals surface area contributed by atoms with Crippen LogP contribution in [0.15, 0.2) is 6.20 Å². The highest BCUT2D eigenvalue weighted by Gasteiger charge is 2.01. The van der Waals surface area contributed by atoms with Crippen LogP contribution in [0.25, 0.3) is 0 Å². The molecule has 0 radical (unpaired) electrons. The molecule has 2 nitrogen and oxygen atoms in total. The zero-order chi connectivity index (χ0) is 12.7. The van der Waals surface area contributed by atoms with Crippen LogP contribution in [-0.4, -0.2) is 9.55 Å². The van der Waals surface area contributed by atoms with Gasteiger partial charge in [0.05, 0.1) is 0 Å². The summed E-state index contributed by atoms with van der Waals surface area (Å²) in [6.07, 6.45) is 9.76. The molecular formula is C14H26N2S. The van der Waals surface area contributed by atoms with Crippen molar-refractivity contribution >= 4 is 12.2 Å². The van der Waals surface area contributed by atoms with Gasteiger partial charge in [0.25, 0.3) is 0 Å². The van der Waals surface area contributed by atoms with Crippen molar-refractivity contribution in [3.05, 3.63) is 16.7 Å². The fourth-order valence-corrected chi connectivity index (χ4v) is 2.41. The Morgan fingerprint density at radius 1 is 1.24 bits per heavy atom. The van der Waals surface area contributed by atoms with Crippen molar-refractivity contribution in [3.63, 3.8) is 0 Å². The van der Waals surface area contributed by atoms with E-state index in [-0.39, 0.29) is 0 Å². The first kappa shape index (κ1) is 14.5. The average Bonchev–Trinajstić information content (AvgIpc) is 2.64. The lowest BCUT2D eigenvalue weighted by molar-refractivity contribution is 0.502. The number of imidazole rings is 1. The second-order valence-corrected chi connectivity index (χ2v) is 5.57. The Balaban J connectivity index is 2.22. The van der Waals surface area contributed by atoms with Crippen LogP contribution in [0.3, 0.4) is 0 Å². The van der Waals surface area contributed by atoms with Gasteiger partial charge in [-0.2, -0.15) is 0 Å². The third kappa shape index (κ3) is 5.07. The van der Waals surface area contributed by atoms with Gasteiger partial charge in [0.1, 0.15) is 0 Å². The van der Waals surface area contributed by atoms with Crippen molar-refractivity contribution in [2.75, 3.05) is 0 Å². The molecule has 0 aliphatic carbocycles. The average molecular weight is 254 g/mol. The van der Waals surface area contributed by atoms with E-state index in [0.717, 1.165) is 23.7 Å². The third-order valence-electron chi connectivity index (χ3n) is 3.23. The number of H-pyrrole nitrogens is 1. The van der Waals surface area contributed by atoms with Gasteiger partial charge in [0, 0.05) is 18.4 Å². The molecule has 0 aromatic carbocycles. The van der Waals surface area contributed by atoms with Crippen LogP contribution in [-0.2, 0) is 13.0 Å². The summed E-state index contributed by atoms with van der Waals surface area (Å²) >= 11 is 5.28. The molecular weight excluding hydrogens is 228 g/mol. The number of hydrogen-bond donors (Lipinski definition) is 1. The summed E-state index contributed by atoms with van der Waals surface area (Å²) < 4.78 is 3.13. The minimum absolute atomic E-state index is 0.847. The summed E-state index contributed by atoms with van der Waals surface area (Å²) in [7, 11) is 0. The highest BCUT2D eigenvalue weighted by molar-refractivity contribution is 7.71. The molecule has 0 saturated carbocycles. The van der Waals surface area contributed by atoms with E-state index in [4.69, 9.17) is 12.2 Å². The molecule has 1 N–H and O–H groups in total. The summed E-state index contributed by atoms with van der Waals surface area (Å²) in [6.45, 7) is 7.85. The SMILES string of the molecule is CCc1c[nH]c(=S)n1CCCCCCC(C)C. The molecule has 1 rings (SSSR count). The van der Waals surface area contributed by atoms with Crippen LogP contribution >= 0.6 is 12.2 Å². The number of nitrogens with one attached hydrogen (secondary N) is 1. The predicted molar refractivity (Wildman–Crippen MR) is 76.9 cm³/mol. The molecule has 0 unspecified atom stereocenters. The number of hydrogen-bond acceptors (Lipinski definition) is 1. The molecule has 17 heavy (non-hydrogen) atoms. The number of unbranched alkanes of at least 4 members (excludes halogenated alkanes) is 3. The number of aromatic amines is 1. The quantitative estimate of drug-likeness (QED) is 0.526. The van der Waals surface area contributed by atoms with Crippen molar-refractivity contribution in [2.24, 2.45) is 5.92 Å². The maximum atomic E-state index is 5.28. The van der Waals surface area contributed by atoms with Crippen LogP contribution in [0, 0.1) is 10.7 Å². The lowest BCUT2D eigenvalue weighted by Crippen LogP contribution is -2.02. The third-order valence-corrected chi connectivity index (χ3v) is 3.57. The maximum Gasteiger partial charge on any atom is 0.177 e. The standard InChI is InChI=1S/C14H26N2S/c1-4-13-11-15-14(17)16(13)10-8-6-5-7-9-12(2)3/h11-12H,4-10H2,1-3H3,(H,15,17). The molecule has 0 fully saturated rings. The van der Waals surface area contributed by atoms with Gasteiger partial charge in [-0.25, -0.2) is 0 Å². The van der Waals surface area contributed by atoms with E-state index in [1.165, 1.54) is 37.8 Å². The highest BCUT2D eigenvalue weighted by atomic mass is 32.1. The van der Waals surface area contributed by atoms with Crippen LogP contribution < -0.4 is 0 Å². The molecule has 98 valence electrons. The lowest BCUT2D eigenvalue weighted by Gasteiger charge is -2.07. The summed E-state index contributed by atoms with van der Waals surface area (Å²) in [4.78, 5) is 3.13. The Kier molecular flexibility index (Phi) is 6.56. The summed E-state index contributed by atoms with van der Waals surface area (Å²) in [5, 5.41) is 0. The van der Waals surface area contributed by atoms with Crippen LogP contribution in [0.4, 0.5) is 0 Å². The highest BCUT2D eigenvalue weighted by Crippen LogP contribution is 2.11. The van der Waals surface area contributed by atoms with Gasteiger partial charge in [0.15, 0.2) is 4.77 Å². The van der Waals surface area contributed by atoms with Crippen LogP contribution in [0.2, 0.25) is 0 Å². The second-order valence-electron chi connectivity index (χ2n) is 5.19. The van der Waals surface area contributed by atoms with Crippen LogP contribution in [0.5, 0.6) is 0 Å². The molecule has 0 spiro atoms. The smallest absolute Gasteiger partial charge is 0.177 e. The molecule has 0 bridgehead atoms. The Morgan fingerprint density at radius 3 is 2.59 bits per heavy atom.